The lowest BCUT2D eigenvalue weighted by molar-refractivity contribution is -0.384. The second-order valence-electron chi connectivity index (χ2n) is 4.33. The highest BCUT2D eigenvalue weighted by Crippen LogP contribution is 2.20. The molecule has 0 spiro atoms. The first-order valence-electron chi connectivity index (χ1n) is 6.11. The maximum Gasteiger partial charge on any atom is 0.273 e. The van der Waals surface area contributed by atoms with Crippen molar-refractivity contribution in [1.82, 2.24) is 5.16 Å². The molecule has 110 valence electrons. The van der Waals surface area contributed by atoms with Crippen LogP contribution in [-0.2, 0) is 4.79 Å². The van der Waals surface area contributed by atoms with E-state index in [0.29, 0.717) is 5.76 Å². The Balaban J connectivity index is 2.00. The molecule has 0 unspecified atom stereocenters. The van der Waals surface area contributed by atoms with Crippen molar-refractivity contribution < 1.29 is 19.0 Å². The van der Waals surface area contributed by atoms with Gasteiger partial charge < -0.3 is 14.6 Å². The lowest BCUT2D eigenvalue weighted by atomic mass is 10.3. The number of non-ortho nitro benzene ring substituents is 1. The number of aryl methyl sites for hydroxylation is 1. The zero-order valence-corrected chi connectivity index (χ0v) is 11.4. The largest absolute Gasteiger partial charge is 0.481 e. The Bertz CT molecular complexity index is 667. The van der Waals surface area contributed by atoms with E-state index in [-0.39, 0.29) is 17.3 Å². The number of nitrogens with zero attached hydrogens (tertiary/aromatic N) is 2. The average Bonchev–Trinajstić information content (AvgIpc) is 2.84. The monoisotopic (exact) mass is 291 g/mol. The third kappa shape index (κ3) is 3.78. The topological polar surface area (TPSA) is 108 Å². The lowest BCUT2D eigenvalue weighted by Crippen LogP contribution is -2.30. The molecular formula is C13H13N3O5. The molecule has 2 aromatic rings. The zero-order valence-electron chi connectivity index (χ0n) is 11.4. The van der Waals surface area contributed by atoms with Crippen molar-refractivity contribution in [3.63, 3.8) is 0 Å². The fourth-order valence-electron chi connectivity index (χ4n) is 1.58. The number of carbonyl (C=O) groups is 1. The first-order valence-corrected chi connectivity index (χ1v) is 6.11. The van der Waals surface area contributed by atoms with Gasteiger partial charge in [0.1, 0.15) is 11.5 Å². The van der Waals surface area contributed by atoms with Crippen molar-refractivity contribution >= 4 is 17.4 Å². The van der Waals surface area contributed by atoms with Crippen LogP contribution in [-0.4, -0.2) is 22.1 Å². The molecule has 0 bridgehead atoms. The van der Waals surface area contributed by atoms with Crippen LogP contribution in [0, 0.1) is 17.0 Å². The summed E-state index contributed by atoms with van der Waals surface area (Å²) in [6.07, 6.45) is -0.844. The van der Waals surface area contributed by atoms with Gasteiger partial charge in [-0.1, -0.05) is 11.2 Å². The minimum absolute atomic E-state index is 0.104. The summed E-state index contributed by atoms with van der Waals surface area (Å²) in [6.45, 7) is 3.23. The van der Waals surface area contributed by atoms with Crippen molar-refractivity contribution in [1.29, 1.82) is 0 Å². The summed E-state index contributed by atoms with van der Waals surface area (Å²) in [6, 6.07) is 7.19. The molecular weight excluding hydrogens is 278 g/mol. The number of rotatable bonds is 5. The van der Waals surface area contributed by atoms with Gasteiger partial charge in [-0.05, 0) is 19.9 Å². The lowest BCUT2D eigenvalue weighted by Gasteiger charge is -2.13. The smallest absolute Gasteiger partial charge is 0.273 e. The van der Waals surface area contributed by atoms with E-state index in [1.807, 2.05) is 0 Å². The molecule has 1 heterocycles. The number of ether oxygens (including phenoxy) is 1. The quantitative estimate of drug-likeness (QED) is 0.669. The van der Waals surface area contributed by atoms with Crippen LogP contribution in [0.25, 0.3) is 0 Å². The Morgan fingerprint density at radius 2 is 2.24 bits per heavy atom. The maximum absolute atomic E-state index is 11.9. The van der Waals surface area contributed by atoms with Crippen molar-refractivity contribution in [3.8, 4) is 5.75 Å². The van der Waals surface area contributed by atoms with E-state index >= 15 is 0 Å². The predicted octanol–water partition coefficient (Wildman–Crippen LogP) is 2.30. The van der Waals surface area contributed by atoms with Crippen LogP contribution in [0.2, 0.25) is 0 Å². The maximum atomic E-state index is 11.9. The number of anilines is 1. The van der Waals surface area contributed by atoms with E-state index in [9.17, 15) is 14.9 Å². The normalized spacial score (nSPS) is 11.7. The highest BCUT2D eigenvalue weighted by molar-refractivity contribution is 5.93. The Labute approximate surface area is 119 Å². The molecule has 0 saturated carbocycles. The van der Waals surface area contributed by atoms with Gasteiger partial charge in [0, 0.05) is 12.1 Å². The van der Waals surface area contributed by atoms with Crippen molar-refractivity contribution in [2.45, 2.75) is 20.0 Å². The average molecular weight is 291 g/mol. The summed E-state index contributed by atoms with van der Waals surface area (Å²) in [5.74, 6) is 0.655. The fourth-order valence-corrected chi connectivity index (χ4v) is 1.58. The third-order valence-electron chi connectivity index (χ3n) is 2.59. The van der Waals surface area contributed by atoms with E-state index in [2.05, 4.69) is 10.5 Å². The van der Waals surface area contributed by atoms with Gasteiger partial charge in [-0.15, -0.1) is 0 Å². The number of hydrogen-bond acceptors (Lipinski definition) is 6. The molecule has 8 nitrogen and oxygen atoms in total. The number of nitro groups is 1. The van der Waals surface area contributed by atoms with E-state index < -0.39 is 16.9 Å². The van der Waals surface area contributed by atoms with Gasteiger partial charge in [0.2, 0.25) is 0 Å². The number of carbonyl (C=O) groups excluding carboxylic acids is 1. The number of aromatic nitrogens is 1. The zero-order chi connectivity index (χ0) is 15.4. The Morgan fingerprint density at radius 3 is 2.86 bits per heavy atom. The molecule has 1 amide bonds. The van der Waals surface area contributed by atoms with Gasteiger partial charge in [0.15, 0.2) is 11.9 Å². The molecule has 0 radical (unpaired) electrons. The first kappa shape index (κ1) is 14.5. The second kappa shape index (κ2) is 6.04. The van der Waals surface area contributed by atoms with E-state index in [1.165, 1.54) is 31.2 Å². The van der Waals surface area contributed by atoms with E-state index in [4.69, 9.17) is 9.26 Å². The number of amides is 1. The standard InChI is InChI=1S/C13H13N3O5/c1-8-6-12(15-21-8)14-13(17)9(2)20-11-5-3-4-10(7-11)16(18)19/h3-7,9H,1-2H3,(H,14,15,17)/t9-/m1/s1. The summed E-state index contributed by atoms with van der Waals surface area (Å²) in [5.41, 5.74) is -0.104. The van der Waals surface area contributed by atoms with Crippen molar-refractivity contribution in [3.05, 3.63) is 46.2 Å². The van der Waals surface area contributed by atoms with Gasteiger partial charge >= 0.3 is 0 Å². The Kier molecular flexibility index (Phi) is 4.17. The van der Waals surface area contributed by atoms with Crippen LogP contribution >= 0.6 is 0 Å². The molecule has 2 rings (SSSR count). The molecule has 21 heavy (non-hydrogen) atoms. The summed E-state index contributed by atoms with van der Waals surface area (Å²) >= 11 is 0. The molecule has 0 aliphatic carbocycles. The number of benzene rings is 1. The number of nitrogens with one attached hydrogen (secondary N) is 1. The summed E-state index contributed by atoms with van der Waals surface area (Å²) in [7, 11) is 0. The molecule has 8 heteroatoms. The molecule has 0 saturated heterocycles. The second-order valence-corrected chi connectivity index (χ2v) is 4.33. The van der Waals surface area contributed by atoms with Crippen LogP contribution in [0.15, 0.2) is 34.9 Å². The van der Waals surface area contributed by atoms with Crippen molar-refractivity contribution in [2.75, 3.05) is 5.32 Å². The number of nitro benzene ring substituents is 1. The molecule has 0 fully saturated rings. The minimum atomic E-state index is -0.844. The fraction of sp³-hybridized carbons (Fsp3) is 0.231. The van der Waals surface area contributed by atoms with Crippen LogP contribution in [0.4, 0.5) is 11.5 Å². The number of hydrogen-bond donors (Lipinski definition) is 1. The summed E-state index contributed by atoms with van der Waals surface area (Å²) in [4.78, 5) is 22.0. The highest BCUT2D eigenvalue weighted by atomic mass is 16.6. The molecule has 0 aliphatic rings. The SMILES string of the molecule is Cc1cc(NC(=O)[C@@H](C)Oc2cccc([N+](=O)[O-])c2)no1. The summed E-state index contributed by atoms with van der Waals surface area (Å²) < 4.78 is 10.2. The Morgan fingerprint density at radius 1 is 1.48 bits per heavy atom. The van der Waals surface area contributed by atoms with E-state index in [0.717, 1.165) is 0 Å². The molecule has 1 atom stereocenters. The van der Waals surface area contributed by atoms with Gasteiger partial charge in [0.25, 0.3) is 11.6 Å². The minimum Gasteiger partial charge on any atom is -0.481 e. The van der Waals surface area contributed by atoms with Gasteiger partial charge in [-0.2, -0.15) is 0 Å². The summed E-state index contributed by atoms with van der Waals surface area (Å²) in [5, 5.41) is 16.8. The van der Waals surface area contributed by atoms with Gasteiger partial charge in [-0.3, -0.25) is 14.9 Å². The van der Waals surface area contributed by atoms with Crippen LogP contribution in [0.3, 0.4) is 0 Å². The molecule has 1 N–H and O–H groups in total. The van der Waals surface area contributed by atoms with Gasteiger partial charge in [0.05, 0.1) is 11.0 Å². The van der Waals surface area contributed by atoms with E-state index in [1.54, 1.807) is 13.0 Å². The molecule has 1 aromatic carbocycles. The van der Waals surface area contributed by atoms with Crippen molar-refractivity contribution in [2.24, 2.45) is 0 Å². The Hall–Kier alpha value is -2.90. The van der Waals surface area contributed by atoms with Crippen LogP contribution in [0.5, 0.6) is 5.75 Å². The van der Waals surface area contributed by atoms with Crippen LogP contribution < -0.4 is 10.1 Å². The van der Waals surface area contributed by atoms with Gasteiger partial charge in [-0.25, -0.2) is 0 Å². The molecule has 0 aliphatic heterocycles. The first-order chi connectivity index (χ1) is 9.95. The molecule has 1 aromatic heterocycles. The third-order valence-corrected chi connectivity index (χ3v) is 2.59. The van der Waals surface area contributed by atoms with Crippen LogP contribution in [0.1, 0.15) is 12.7 Å². The predicted molar refractivity (Wildman–Crippen MR) is 73.1 cm³/mol. The highest BCUT2D eigenvalue weighted by Gasteiger charge is 2.17.